The van der Waals surface area contributed by atoms with Crippen LogP contribution in [0.5, 0.6) is 5.75 Å². The zero-order valence-electron chi connectivity index (χ0n) is 18.0. The maximum absolute atomic E-state index is 13.0. The number of carbonyl (C=O) groups excluding carboxylic acids is 1. The molecule has 0 heterocycles. The van der Waals surface area contributed by atoms with Crippen LogP contribution in [0.4, 0.5) is 13.2 Å². The third kappa shape index (κ3) is 5.99. The monoisotopic (exact) mass is 451 g/mol. The molecule has 0 aliphatic heterocycles. The van der Waals surface area contributed by atoms with Gasteiger partial charge in [0.1, 0.15) is 18.0 Å². The van der Waals surface area contributed by atoms with E-state index in [1.807, 2.05) is 42.3 Å². The van der Waals surface area contributed by atoms with Crippen LogP contribution in [0.15, 0.2) is 54.6 Å². The number of alkyl halides is 3. The number of amides is 1. The maximum atomic E-state index is 13.0. The first kappa shape index (κ1) is 24.0. The highest BCUT2D eigenvalue weighted by atomic mass is 19.4. The molecule has 0 unspecified atom stereocenters. The molecule has 1 aliphatic carbocycles. The molecular weight excluding hydrogens is 423 g/mol. The Labute approximate surface area is 185 Å². The smallest absolute Gasteiger partial charge is 0.416 e. The number of nitrogens with one attached hydrogen (secondary N) is 2. The standard InChI is InChI=1S/C23H28F3N3O3/c1-27-13-20(30)28-18-12-19(32-17-10-6-9-16(11-17)23(24,25)26)22(31)21(18)29(2)14-15-7-4-3-5-8-15/h3-11,18-19,21-22,27,31H,12-14H2,1-2H3,(H,28,30)/t18-,19-,21+,22+/m1/s1. The van der Waals surface area contributed by atoms with E-state index in [9.17, 15) is 23.1 Å². The number of ether oxygens (including phenoxy) is 1. The summed E-state index contributed by atoms with van der Waals surface area (Å²) in [7, 11) is 3.49. The maximum Gasteiger partial charge on any atom is 0.416 e. The lowest BCUT2D eigenvalue weighted by Crippen LogP contribution is -2.52. The van der Waals surface area contributed by atoms with Gasteiger partial charge in [-0.15, -0.1) is 0 Å². The van der Waals surface area contributed by atoms with E-state index < -0.39 is 36.0 Å². The molecule has 2 aromatic rings. The molecular formula is C23H28F3N3O3. The number of carbonyl (C=O) groups is 1. The Kier molecular flexibility index (Phi) is 7.76. The van der Waals surface area contributed by atoms with Crippen LogP contribution < -0.4 is 15.4 Å². The van der Waals surface area contributed by atoms with Gasteiger partial charge >= 0.3 is 6.18 Å². The predicted octanol–water partition coefficient (Wildman–Crippen LogP) is 2.42. The third-order valence-electron chi connectivity index (χ3n) is 5.55. The van der Waals surface area contributed by atoms with Crippen molar-refractivity contribution in [3.05, 3.63) is 65.7 Å². The number of hydrogen-bond donors (Lipinski definition) is 3. The van der Waals surface area contributed by atoms with E-state index in [0.717, 1.165) is 17.7 Å². The van der Waals surface area contributed by atoms with E-state index in [2.05, 4.69) is 10.6 Å². The molecule has 32 heavy (non-hydrogen) atoms. The fourth-order valence-corrected chi connectivity index (χ4v) is 4.13. The van der Waals surface area contributed by atoms with Crippen molar-refractivity contribution in [3.63, 3.8) is 0 Å². The van der Waals surface area contributed by atoms with Gasteiger partial charge in [-0.25, -0.2) is 0 Å². The van der Waals surface area contributed by atoms with Crippen molar-refractivity contribution >= 4 is 5.91 Å². The Balaban J connectivity index is 1.78. The average molecular weight is 451 g/mol. The minimum atomic E-state index is -4.49. The van der Waals surface area contributed by atoms with E-state index in [0.29, 0.717) is 6.54 Å². The number of aliphatic hydroxyl groups excluding tert-OH is 1. The Morgan fingerprint density at radius 1 is 1.19 bits per heavy atom. The Hall–Kier alpha value is -2.62. The van der Waals surface area contributed by atoms with Crippen molar-refractivity contribution in [2.45, 2.75) is 43.4 Å². The van der Waals surface area contributed by atoms with E-state index in [4.69, 9.17) is 4.74 Å². The van der Waals surface area contributed by atoms with Crippen LogP contribution in [-0.2, 0) is 17.5 Å². The molecule has 0 bridgehead atoms. The van der Waals surface area contributed by atoms with Gasteiger partial charge in [-0.05, 0) is 37.9 Å². The normalized spacial score (nSPS) is 23.3. The molecule has 1 aliphatic rings. The highest BCUT2D eigenvalue weighted by Crippen LogP contribution is 2.34. The van der Waals surface area contributed by atoms with Gasteiger partial charge in [0.15, 0.2) is 0 Å². The molecule has 4 atom stereocenters. The minimum Gasteiger partial charge on any atom is -0.488 e. The van der Waals surface area contributed by atoms with Crippen LogP contribution >= 0.6 is 0 Å². The van der Waals surface area contributed by atoms with Gasteiger partial charge in [-0.3, -0.25) is 9.69 Å². The lowest BCUT2D eigenvalue weighted by atomic mass is 10.1. The zero-order chi connectivity index (χ0) is 23.3. The summed E-state index contributed by atoms with van der Waals surface area (Å²) >= 11 is 0. The van der Waals surface area contributed by atoms with Crippen LogP contribution in [-0.4, -0.2) is 60.8 Å². The van der Waals surface area contributed by atoms with Crippen LogP contribution in [0.25, 0.3) is 0 Å². The summed E-state index contributed by atoms with van der Waals surface area (Å²) in [5.74, 6) is -0.210. The lowest BCUT2D eigenvalue weighted by molar-refractivity contribution is -0.137. The second-order valence-corrected chi connectivity index (χ2v) is 8.00. The molecule has 0 radical (unpaired) electrons. The van der Waals surface area contributed by atoms with Gasteiger partial charge in [0.05, 0.1) is 24.2 Å². The first-order chi connectivity index (χ1) is 15.2. The number of likely N-dealkylation sites (N-methyl/N-ethyl adjacent to an activating group) is 2. The summed E-state index contributed by atoms with van der Waals surface area (Å²) in [6.45, 7) is 0.637. The summed E-state index contributed by atoms with van der Waals surface area (Å²) in [4.78, 5) is 14.1. The lowest BCUT2D eigenvalue weighted by Gasteiger charge is -2.32. The number of hydrogen-bond acceptors (Lipinski definition) is 5. The minimum absolute atomic E-state index is 0.0236. The van der Waals surface area contributed by atoms with Gasteiger partial charge in [0.25, 0.3) is 0 Å². The van der Waals surface area contributed by atoms with E-state index in [1.165, 1.54) is 12.1 Å². The molecule has 1 saturated carbocycles. The zero-order valence-corrected chi connectivity index (χ0v) is 18.0. The number of halogens is 3. The quantitative estimate of drug-likeness (QED) is 0.575. The van der Waals surface area contributed by atoms with Gasteiger partial charge in [0, 0.05) is 13.0 Å². The van der Waals surface area contributed by atoms with Crippen molar-refractivity contribution in [3.8, 4) is 5.75 Å². The highest BCUT2D eigenvalue weighted by molar-refractivity contribution is 5.78. The molecule has 1 fully saturated rings. The van der Waals surface area contributed by atoms with Gasteiger partial charge in [0.2, 0.25) is 5.91 Å². The number of aliphatic hydroxyl groups is 1. The fraction of sp³-hybridized carbons (Fsp3) is 0.435. The molecule has 3 N–H and O–H groups in total. The summed E-state index contributed by atoms with van der Waals surface area (Å²) in [6, 6.07) is 13.3. The van der Waals surface area contributed by atoms with Crippen molar-refractivity contribution in [2.75, 3.05) is 20.6 Å². The molecule has 0 spiro atoms. The largest absolute Gasteiger partial charge is 0.488 e. The molecule has 9 heteroatoms. The van der Waals surface area contributed by atoms with E-state index in [1.54, 1.807) is 7.05 Å². The van der Waals surface area contributed by atoms with Crippen molar-refractivity contribution in [1.82, 2.24) is 15.5 Å². The summed E-state index contributed by atoms with van der Waals surface area (Å²) in [5.41, 5.74) is 0.212. The summed E-state index contributed by atoms with van der Waals surface area (Å²) in [6.07, 6.45) is -6.02. The molecule has 2 aromatic carbocycles. The van der Waals surface area contributed by atoms with Crippen LogP contribution in [0, 0.1) is 0 Å². The first-order valence-corrected chi connectivity index (χ1v) is 10.4. The second-order valence-electron chi connectivity index (χ2n) is 8.00. The number of nitrogens with zero attached hydrogens (tertiary/aromatic N) is 1. The van der Waals surface area contributed by atoms with Crippen molar-refractivity contribution < 1.29 is 27.8 Å². The molecule has 0 aromatic heterocycles. The van der Waals surface area contributed by atoms with Gasteiger partial charge in [-0.1, -0.05) is 36.4 Å². The van der Waals surface area contributed by atoms with Crippen LogP contribution in [0.2, 0.25) is 0 Å². The second kappa shape index (κ2) is 10.3. The van der Waals surface area contributed by atoms with Crippen LogP contribution in [0.1, 0.15) is 17.5 Å². The first-order valence-electron chi connectivity index (χ1n) is 10.4. The SMILES string of the molecule is CNCC(=O)N[C@@H]1C[C@@H](Oc2cccc(C(F)(F)F)c2)[C@H](O)[C@H]1N(C)Cc1ccccc1. The Morgan fingerprint density at radius 3 is 2.56 bits per heavy atom. The van der Waals surface area contributed by atoms with E-state index >= 15 is 0 Å². The highest BCUT2D eigenvalue weighted by Gasteiger charge is 2.46. The average Bonchev–Trinajstić information content (AvgIpc) is 3.03. The van der Waals surface area contributed by atoms with Gasteiger partial charge in [-0.2, -0.15) is 13.2 Å². The van der Waals surface area contributed by atoms with Crippen LogP contribution in [0.3, 0.4) is 0 Å². The molecule has 174 valence electrons. The van der Waals surface area contributed by atoms with Crippen molar-refractivity contribution in [1.29, 1.82) is 0 Å². The molecule has 0 saturated heterocycles. The number of benzene rings is 2. The summed E-state index contributed by atoms with van der Waals surface area (Å²) in [5, 5.41) is 16.7. The topological polar surface area (TPSA) is 73.8 Å². The Bertz CT molecular complexity index is 895. The molecule has 1 amide bonds. The molecule has 3 rings (SSSR count). The number of rotatable bonds is 8. The Morgan fingerprint density at radius 2 is 1.91 bits per heavy atom. The van der Waals surface area contributed by atoms with Gasteiger partial charge < -0.3 is 20.5 Å². The third-order valence-corrected chi connectivity index (χ3v) is 5.55. The van der Waals surface area contributed by atoms with E-state index in [-0.39, 0.29) is 24.6 Å². The molecule has 6 nitrogen and oxygen atoms in total. The fourth-order valence-electron chi connectivity index (χ4n) is 4.13. The summed E-state index contributed by atoms with van der Waals surface area (Å²) < 4.78 is 44.9. The predicted molar refractivity (Wildman–Crippen MR) is 114 cm³/mol. The van der Waals surface area contributed by atoms with Crippen molar-refractivity contribution in [2.24, 2.45) is 0 Å².